The van der Waals surface area contributed by atoms with Gasteiger partial charge in [-0.3, -0.25) is 14.9 Å². The summed E-state index contributed by atoms with van der Waals surface area (Å²) in [6.07, 6.45) is 0. The molecule has 0 heterocycles. The van der Waals surface area contributed by atoms with Crippen LogP contribution in [-0.4, -0.2) is 44.1 Å². The van der Waals surface area contributed by atoms with Crippen molar-refractivity contribution in [3.63, 3.8) is 0 Å². The predicted molar refractivity (Wildman–Crippen MR) is 99.7 cm³/mol. The fraction of sp³-hybridized carbons (Fsp3) is 0.263. The van der Waals surface area contributed by atoms with Crippen LogP contribution in [0.4, 0.5) is 5.69 Å². The van der Waals surface area contributed by atoms with Crippen molar-refractivity contribution in [2.75, 3.05) is 28.4 Å². The van der Waals surface area contributed by atoms with Crippen LogP contribution in [0.5, 0.6) is 17.2 Å². The lowest BCUT2D eigenvalue weighted by atomic mass is 10.1. The summed E-state index contributed by atoms with van der Waals surface area (Å²) in [5.41, 5.74) is 0.461. The molecule has 0 aliphatic rings. The monoisotopic (exact) mass is 385 g/mol. The fourth-order valence-corrected chi connectivity index (χ4v) is 2.78. The third kappa shape index (κ3) is 3.96. The Balaban J connectivity index is 2.51. The van der Waals surface area contributed by atoms with Gasteiger partial charge in [-0.15, -0.1) is 0 Å². The molecule has 9 heteroatoms. The van der Waals surface area contributed by atoms with Crippen LogP contribution in [0.1, 0.15) is 21.5 Å². The van der Waals surface area contributed by atoms with Gasteiger partial charge in [0, 0.05) is 19.7 Å². The van der Waals surface area contributed by atoms with Gasteiger partial charge in [0.1, 0.15) is 5.56 Å². The van der Waals surface area contributed by atoms with E-state index in [1.165, 1.54) is 39.3 Å². The zero-order valence-corrected chi connectivity index (χ0v) is 15.9. The minimum absolute atomic E-state index is 0.0256. The molecular formula is C19H19N3O6. The van der Waals surface area contributed by atoms with E-state index in [0.717, 1.165) is 0 Å². The fourth-order valence-electron chi connectivity index (χ4n) is 2.78. The lowest BCUT2D eigenvalue weighted by Crippen LogP contribution is -2.27. The maximum Gasteiger partial charge on any atom is 0.327 e. The van der Waals surface area contributed by atoms with E-state index < -0.39 is 16.5 Å². The number of nitro groups is 1. The van der Waals surface area contributed by atoms with Gasteiger partial charge >= 0.3 is 5.69 Å². The van der Waals surface area contributed by atoms with E-state index in [4.69, 9.17) is 19.5 Å². The molecule has 1 amide bonds. The molecule has 2 aromatic carbocycles. The van der Waals surface area contributed by atoms with Crippen molar-refractivity contribution in [3.8, 4) is 23.3 Å². The van der Waals surface area contributed by atoms with Gasteiger partial charge < -0.3 is 19.1 Å². The van der Waals surface area contributed by atoms with E-state index in [1.807, 2.05) is 6.07 Å². The highest BCUT2D eigenvalue weighted by Crippen LogP contribution is 2.46. The number of rotatable bonds is 7. The van der Waals surface area contributed by atoms with Crippen molar-refractivity contribution in [1.82, 2.24) is 4.90 Å². The first-order valence-electron chi connectivity index (χ1n) is 8.09. The number of benzene rings is 2. The number of nitro benzene ring substituents is 1. The van der Waals surface area contributed by atoms with Crippen LogP contribution < -0.4 is 14.2 Å². The smallest absolute Gasteiger partial charge is 0.327 e. The van der Waals surface area contributed by atoms with E-state index in [9.17, 15) is 14.9 Å². The summed E-state index contributed by atoms with van der Waals surface area (Å²) in [6.45, 7) is 0.155. The second-order valence-electron chi connectivity index (χ2n) is 5.77. The number of methoxy groups -OCH3 is 3. The van der Waals surface area contributed by atoms with Gasteiger partial charge in [0.25, 0.3) is 5.91 Å². The average molecular weight is 385 g/mol. The lowest BCUT2D eigenvalue weighted by Gasteiger charge is -2.20. The summed E-state index contributed by atoms with van der Waals surface area (Å²) in [7, 11) is 5.43. The predicted octanol–water partition coefficient (Wildman–Crippen LogP) is 2.76. The first-order chi connectivity index (χ1) is 13.4. The standard InChI is InChI=1S/C19H19N3O6/c1-21(11-13-7-5-6-12(8-13)10-20)19(23)14-9-15(26-2)17(27-3)18(28-4)16(14)22(24)25/h5-9H,11H2,1-4H3. The van der Waals surface area contributed by atoms with Gasteiger partial charge in [-0.05, 0) is 17.7 Å². The van der Waals surface area contributed by atoms with Gasteiger partial charge in [0.2, 0.25) is 11.5 Å². The molecule has 0 atom stereocenters. The molecule has 0 bridgehead atoms. The summed E-state index contributed by atoms with van der Waals surface area (Å²) >= 11 is 0. The average Bonchev–Trinajstić information content (AvgIpc) is 2.71. The summed E-state index contributed by atoms with van der Waals surface area (Å²) in [5.74, 6) is -0.644. The maximum atomic E-state index is 13.0. The van der Waals surface area contributed by atoms with Crippen molar-refractivity contribution in [2.24, 2.45) is 0 Å². The Morgan fingerprint density at radius 1 is 1.18 bits per heavy atom. The summed E-state index contributed by atoms with van der Waals surface area (Å²) in [4.78, 5) is 25.2. The molecule has 0 unspecified atom stereocenters. The van der Waals surface area contributed by atoms with E-state index in [2.05, 4.69) is 0 Å². The molecule has 0 saturated carbocycles. The van der Waals surface area contributed by atoms with E-state index in [0.29, 0.717) is 11.1 Å². The minimum atomic E-state index is -0.696. The van der Waals surface area contributed by atoms with E-state index in [1.54, 1.807) is 24.3 Å². The van der Waals surface area contributed by atoms with Crippen LogP contribution in [-0.2, 0) is 6.54 Å². The van der Waals surface area contributed by atoms with Crippen molar-refractivity contribution in [3.05, 3.63) is 57.1 Å². The largest absolute Gasteiger partial charge is 0.493 e. The highest BCUT2D eigenvalue weighted by atomic mass is 16.6. The Labute approximate surface area is 161 Å². The molecule has 9 nitrogen and oxygen atoms in total. The van der Waals surface area contributed by atoms with Crippen LogP contribution in [0.25, 0.3) is 0 Å². The quantitative estimate of drug-likeness (QED) is 0.531. The Morgan fingerprint density at radius 3 is 2.39 bits per heavy atom. The Morgan fingerprint density at radius 2 is 1.86 bits per heavy atom. The van der Waals surface area contributed by atoms with Crippen LogP contribution in [0.15, 0.2) is 30.3 Å². The number of ether oxygens (including phenoxy) is 3. The van der Waals surface area contributed by atoms with Gasteiger partial charge in [-0.2, -0.15) is 5.26 Å². The van der Waals surface area contributed by atoms with Crippen LogP contribution in [0, 0.1) is 21.4 Å². The Hall–Kier alpha value is -3.80. The third-order valence-corrected chi connectivity index (χ3v) is 4.04. The molecule has 0 aromatic heterocycles. The van der Waals surface area contributed by atoms with Gasteiger partial charge in [0.15, 0.2) is 5.75 Å². The number of amides is 1. The third-order valence-electron chi connectivity index (χ3n) is 4.04. The number of carbonyl (C=O) groups is 1. The Kier molecular flexibility index (Phi) is 6.39. The minimum Gasteiger partial charge on any atom is -0.493 e. The van der Waals surface area contributed by atoms with Gasteiger partial charge in [-0.25, -0.2) is 0 Å². The molecular weight excluding hydrogens is 366 g/mol. The number of nitrogens with zero attached hydrogens (tertiary/aromatic N) is 3. The van der Waals surface area contributed by atoms with Crippen molar-refractivity contribution < 1.29 is 23.9 Å². The van der Waals surface area contributed by atoms with Crippen molar-refractivity contribution in [1.29, 1.82) is 5.26 Å². The van der Waals surface area contributed by atoms with Crippen molar-refractivity contribution in [2.45, 2.75) is 6.54 Å². The van der Waals surface area contributed by atoms with E-state index in [-0.39, 0.29) is 29.4 Å². The SMILES string of the molecule is COc1cc(C(=O)N(C)Cc2cccc(C#N)c2)c([N+](=O)[O-])c(OC)c1OC. The molecule has 0 fully saturated rings. The molecule has 0 N–H and O–H groups in total. The highest BCUT2D eigenvalue weighted by molar-refractivity contribution is 6.00. The Bertz CT molecular complexity index is 951. The van der Waals surface area contributed by atoms with Crippen LogP contribution in [0.3, 0.4) is 0 Å². The van der Waals surface area contributed by atoms with Gasteiger partial charge in [0.05, 0.1) is 37.9 Å². The number of carbonyl (C=O) groups excluding carboxylic acids is 1. The molecule has 0 radical (unpaired) electrons. The number of nitriles is 1. The normalized spacial score (nSPS) is 9.96. The molecule has 0 spiro atoms. The molecule has 0 aliphatic carbocycles. The topological polar surface area (TPSA) is 115 Å². The summed E-state index contributed by atoms with van der Waals surface area (Å²) in [5, 5.41) is 20.7. The first kappa shape index (κ1) is 20.5. The first-order valence-corrected chi connectivity index (χ1v) is 8.09. The molecule has 2 aromatic rings. The maximum absolute atomic E-state index is 13.0. The van der Waals surface area contributed by atoms with Crippen molar-refractivity contribution >= 4 is 11.6 Å². The number of hydrogen-bond donors (Lipinski definition) is 0. The lowest BCUT2D eigenvalue weighted by molar-refractivity contribution is -0.386. The molecule has 0 saturated heterocycles. The molecule has 28 heavy (non-hydrogen) atoms. The van der Waals surface area contributed by atoms with E-state index >= 15 is 0 Å². The number of hydrogen-bond acceptors (Lipinski definition) is 7. The van der Waals surface area contributed by atoms with Crippen LogP contribution >= 0.6 is 0 Å². The second-order valence-corrected chi connectivity index (χ2v) is 5.77. The summed E-state index contributed by atoms with van der Waals surface area (Å²) in [6, 6.07) is 10.0. The van der Waals surface area contributed by atoms with Crippen LogP contribution in [0.2, 0.25) is 0 Å². The van der Waals surface area contributed by atoms with Gasteiger partial charge in [-0.1, -0.05) is 12.1 Å². The molecule has 0 aliphatic heterocycles. The zero-order chi connectivity index (χ0) is 20.8. The molecule has 2 rings (SSSR count). The zero-order valence-electron chi connectivity index (χ0n) is 15.9. The summed E-state index contributed by atoms with van der Waals surface area (Å²) < 4.78 is 15.5. The molecule has 146 valence electrons. The highest BCUT2D eigenvalue weighted by Gasteiger charge is 2.33. The second kappa shape index (κ2) is 8.73.